The number of fused-ring (bicyclic) bond motifs is 7. The highest BCUT2D eigenvalue weighted by molar-refractivity contribution is 7.09. The Bertz CT molecular complexity index is 1590. The fourth-order valence-electron chi connectivity index (χ4n) is 13.3. The molecule has 2 aromatic rings. The second-order valence-electron chi connectivity index (χ2n) is 17.5. The molecule has 0 unspecified atom stereocenters. The van der Waals surface area contributed by atoms with Crippen molar-refractivity contribution in [1.29, 1.82) is 0 Å². The minimum Gasteiger partial charge on any atom is -0.478 e. The van der Waals surface area contributed by atoms with Crippen molar-refractivity contribution in [2.24, 2.45) is 51.2 Å². The Labute approximate surface area is 281 Å². The molecule has 0 radical (unpaired) electrons. The van der Waals surface area contributed by atoms with Gasteiger partial charge in [0.2, 0.25) is 0 Å². The Balaban J connectivity index is 1.24. The lowest BCUT2D eigenvalue weighted by molar-refractivity contribution is -0.217. The Morgan fingerprint density at radius 1 is 0.957 bits per heavy atom. The summed E-state index contributed by atoms with van der Waals surface area (Å²) in [4.78, 5) is 19.2. The predicted molar refractivity (Wildman–Crippen MR) is 191 cm³/mol. The number of aromatic nitrogens is 1. The van der Waals surface area contributed by atoms with Gasteiger partial charge in [-0.15, -0.1) is 11.3 Å². The van der Waals surface area contributed by atoms with Crippen molar-refractivity contribution >= 4 is 28.7 Å². The van der Waals surface area contributed by atoms with Crippen LogP contribution in [0.25, 0.3) is 5.57 Å². The second-order valence-corrected chi connectivity index (χ2v) is 18.6. The Morgan fingerprint density at radius 2 is 1.67 bits per heavy atom. The topological polar surface area (TPSA) is 53.4 Å². The Morgan fingerprint density at radius 3 is 2.30 bits per heavy atom. The van der Waals surface area contributed by atoms with E-state index in [-0.39, 0.29) is 16.4 Å². The standard InChI is InChI=1S/C41H56N2O2S/c1-25(2)29-16-21-41(43(9)34-24-46-26(3)42-34)23-22-39(7)31(35(29)41)14-15-33-38(6)19-17-30(27-10-12-28(13-11-27)36(44)45)37(4,5)32(38)18-20-40(33,39)8/h10-13,17,24,29,31-33,35H,1,14-16,18-23H2,2-9H3,(H,44,45)/t29-,31+,32-,33+,35+,38-,39+,40+,41-/m0/s1. The van der Waals surface area contributed by atoms with Crippen LogP contribution in [0.1, 0.15) is 120 Å². The van der Waals surface area contributed by atoms with E-state index in [4.69, 9.17) is 4.98 Å². The van der Waals surface area contributed by atoms with Crippen LogP contribution in [-0.4, -0.2) is 28.6 Å². The molecule has 0 saturated heterocycles. The number of carboxylic acids is 1. The Hall–Kier alpha value is -2.40. The highest BCUT2D eigenvalue weighted by Gasteiger charge is 2.71. The molecule has 4 nitrogen and oxygen atoms in total. The number of nitrogens with zero attached hydrogens (tertiary/aromatic N) is 2. The van der Waals surface area contributed by atoms with E-state index in [0.717, 1.165) is 11.4 Å². The minimum atomic E-state index is -0.858. The zero-order valence-electron chi connectivity index (χ0n) is 29.6. The predicted octanol–water partition coefficient (Wildman–Crippen LogP) is 10.7. The molecule has 5 heteroatoms. The van der Waals surface area contributed by atoms with E-state index in [2.05, 4.69) is 78.4 Å². The summed E-state index contributed by atoms with van der Waals surface area (Å²) >= 11 is 1.78. The van der Waals surface area contributed by atoms with Gasteiger partial charge in [-0.1, -0.05) is 65.0 Å². The van der Waals surface area contributed by atoms with Crippen molar-refractivity contribution in [2.45, 2.75) is 112 Å². The smallest absolute Gasteiger partial charge is 0.335 e. The number of aryl methyl sites for hydroxylation is 1. The van der Waals surface area contributed by atoms with Gasteiger partial charge in [0.05, 0.1) is 10.6 Å². The van der Waals surface area contributed by atoms with E-state index < -0.39 is 5.97 Å². The highest BCUT2D eigenvalue weighted by atomic mass is 32.1. The van der Waals surface area contributed by atoms with Crippen LogP contribution < -0.4 is 4.90 Å². The molecule has 1 aromatic carbocycles. The zero-order chi connectivity index (χ0) is 33.0. The number of anilines is 1. The Kier molecular flexibility index (Phi) is 7.38. The molecule has 0 bridgehead atoms. The van der Waals surface area contributed by atoms with Crippen LogP contribution in [0.4, 0.5) is 5.82 Å². The maximum Gasteiger partial charge on any atom is 0.335 e. The van der Waals surface area contributed by atoms with E-state index in [1.165, 1.54) is 73.9 Å². The summed E-state index contributed by atoms with van der Waals surface area (Å²) in [5.41, 5.74) is 5.41. The molecular formula is C41H56N2O2S. The summed E-state index contributed by atoms with van der Waals surface area (Å²) in [5.74, 6) is 3.54. The fraction of sp³-hybridized carbons (Fsp3) is 0.659. The maximum atomic E-state index is 11.5. The van der Waals surface area contributed by atoms with Gasteiger partial charge in [-0.25, -0.2) is 9.78 Å². The lowest BCUT2D eigenvalue weighted by atomic mass is 9.33. The zero-order valence-corrected chi connectivity index (χ0v) is 30.4. The highest BCUT2D eigenvalue weighted by Crippen LogP contribution is 2.77. The number of carbonyl (C=O) groups is 1. The number of hydrogen-bond donors (Lipinski definition) is 1. The molecule has 4 fully saturated rings. The van der Waals surface area contributed by atoms with Gasteiger partial charge in [0.15, 0.2) is 0 Å². The molecule has 5 aliphatic rings. The third kappa shape index (κ3) is 4.21. The fourth-order valence-corrected chi connectivity index (χ4v) is 13.9. The average molecular weight is 641 g/mol. The van der Waals surface area contributed by atoms with Crippen LogP contribution in [0.5, 0.6) is 0 Å². The summed E-state index contributed by atoms with van der Waals surface area (Å²) in [5, 5.41) is 12.9. The number of thiazole rings is 1. The van der Waals surface area contributed by atoms with Gasteiger partial charge < -0.3 is 10.0 Å². The van der Waals surface area contributed by atoms with Crippen LogP contribution >= 0.6 is 11.3 Å². The van der Waals surface area contributed by atoms with E-state index in [9.17, 15) is 9.90 Å². The molecule has 5 aliphatic carbocycles. The largest absolute Gasteiger partial charge is 0.478 e. The number of allylic oxidation sites excluding steroid dienone is 3. The molecule has 7 rings (SSSR count). The summed E-state index contributed by atoms with van der Waals surface area (Å²) in [6.45, 7) is 22.1. The average Bonchev–Trinajstić information content (AvgIpc) is 3.61. The molecule has 1 N–H and O–H groups in total. The van der Waals surface area contributed by atoms with Gasteiger partial charge in [-0.05, 0) is 146 Å². The van der Waals surface area contributed by atoms with Gasteiger partial charge in [-0.2, -0.15) is 0 Å². The van der Waals surface area contributed by atoms with Crippen LogP contribution in [0.3, 0.4) is 0 Å². The molecule has 0 amide bonds. The lowest BCUT2D eigenvalue weighted by Crippen LogP contribution is -2.68. The summed E-state index contributed by atoms with van der Waals surface area (Å²) in [7, 11) is 2.35. The number of carboxylic acid groups (broad SMARTS) is 1. The van der Waals surface area contributed by atoms with Crippen LogP contribution in [0.15, 0.2) is 47.9 Å². The van der Waals surface area contributed by atoms with Crippen molar-refractivity contribution < 1.29 is 9.90 Å². The SMILES string of the molecule is C=C(C)[C@@H]1CC[C@]2(N(C)c3csc(C)n3)CC[C@]3(C)[C@H](CC[C@@H]4[C@@]5(C)CC=C(c6ccc(C(=O)O)cc6)C(C)(C)[C@@H]5CC[C@]43C)[C@@H]12. The van der Waals surface area contributed by atoms with Gasteiger partial charge in [0.25, 0.3) is 0 Å². The molecular weight excluding hydrogens is 585 g/mol. The third-order valence-corrected chi connectivity index (χ3v) is 16.4. The van der Waals surface area contributed by atoms with Crippen molar-refractivity contribution in [3.05, 3.63) is 64.0 Å². The minimum absolute atomic E-state index is 0.0312. The first kappa shape index (κ1) is 32.2. The quantitative estimate of drug-likeness (QED) is 0.330. The second kappa shape index (κ2) is 10.5. The van der Waals surface area contributed by atoms with Crippen LogP contribution in [0.2, 0.25) is 0 Å². The van der Waals surface area contributed by atoms with Gasteiger partial charge >= 0.3 is 5.97 Å². The normalized spacial score (nSPS) is 41.0. The van der Waals surface area contributed by atoms with Crippen molar-refractivity contribution in [1.82, 2.24) is 4.98 Å². The van der Waals surface area contributed by atoms with Crippen molar-refractivity contribution in [2.75, 3.05) is 11.9 Å². The van der Waals surface area contributed by atoms with Crippen LogP contribution in [0, 0.1) is 58.2 Å². The molecule has 248 valence electrons. The lowest BCUT2D eigenvalue weighted by Gasteiger charge is -2.73. The number of aromatic carboxylic acids is 1. The number of rotatable bonds is 5. The van der Waals surface area contributed by atoms with Gasteiger partial charge in [-0.3, -0.25) is 0 Å². The number of hydrogen-bond acceptors (Lipinski definition) is 4. The van der Waals surface area contributed by atoms with E-state index in [0.29, 0.717) is 46.0 Å². The maximum absolute atomic E-state index is 11.5. The van der Waals surface area contributed by atoms with Crippen molar-refractivity contribution in [3.63, 3.8) is 0 Å². The molecule has 0 spiro atoms. The first-order valence-corrected chi connectivity index (χ1v) is 18.8. The van der Waals surface area contributed by atoms with E-state index in [1.807, 2.05) is 12.1 Å². The number of benzene rings is 1. The first-order valence-electron chi connectivity index (χ1n) is 18.0. The van der Waals surface area contributed by atoms with E-state index in [1.54, 1.807) is 23.5 Å². The summed E-state index contributed by atoms with van der Waals surface area (Å²) in [6, 6.07) is 7.63. The van der Waals surface area contributed by atoms with E-state index >= 15 is 0 Å². The van der Waals surface area contributed by atoms with Crippen LogP contribution in [-0.2, 0) is 0 Å². The molecule has 0 aliphatic heterocycles. The molecule has 1 aromatic heterocycles. The van der Waals surface area contributed by atoms with Gasteiger partial charge in [0, 0.05) is 18.0 Å². The van der Waals surface area contributed by atoms with Gasteiger partial charge in [0.1, 0.15) is 5.82 Å². The monoisotopic (exact) mass is 640 g/mol. The molecule has 9 atom stereocenters. The molecule has 46 heavy (non-hydrogen) atoms. The molecule has 4 saturated carbocycles. The summed E-state index contributed by atoms with van der Waals surface area (Å²) < 4.78 is 0. The van der Waals surface area contributed by atoms with Crippen molar-refractivity contribution in [3.8, 4) is 0 Å². The summed E-state index contributed by atoms with van der Waals surface area (Å²) in [6.07, 6.45) is 14.0. The third-order valence-electron chi connectivity index (χ3n) is 15.7. The first-order chi connectivity index (χ1) is 21.6. The molecule has 1 heterocycles.